The Hall–Kier alpha value is -2.37. The molecule has 0 bridgehead atoms. The quantitative estimate of drug-likeness (QED) is 0.892. The van der Waals surface area contributed by atoms with E-state index in [1.165, 1.54) is 26.7 Å². The van der Waals surface area contributed by atoms with E-state index in [0.717, 1.165) is 25.9 Å². The van der Waals surface area contributed by atoms with E-state index in [9.17, 15) is 14.4 Å². The lowest BCUT2D eigenvalue weighted by atomic mass is 10.2. The van der Waals surface area contributed by atoms with Gasteiger partial charge in [-0.2, -0.15) is 0 Å². The van der Waals surface area contributed by atoms with Crippen LogP contribution in [0.1, 0.15) is 46.0 Å². The average molecular weight is 345 g/mol. The third-order valence-corrected chi connectivity index (χ3v) is 4.37. The number of amides is 3. The molecule has 1 aliphatic rings. The molecule has 1 heterocycles. The van der Waals surface area contributed by atoms with Crippen LogP contribution >= 0.6 is 0 Å². The first-order chi connectivity index (χ1) is 12.0. The lowest BCUT2D eigenvalue weighted by Crippen LogP contribution is -2.36. The number of hydrogen-bond donors (Lipinski definition) is 1. The first kappa shape index (κ1) is 19.0. The van der Waals surface area contributed by atoms with Crippen molar-refractivity contribution in [3.63, 3.8) is 0 Å². The monoisotopic (exact) mass is 345 g/mol. The first-order valence-electron chi connectivity index (χ1n) is 8.91. The molecule has 6 heteroatoms. The molecule has 1 saturated heterocycles. The third kappa shape index (κ3) is 5.89. The van der Waals surface area contributed by atoms with Crippen molar-refractivity contribution in [2.45, 2.75) is 46.0 Å². The molecular formula is C19H27N3O3. The second-order valence-corrected chi connectivity index (χ2v) is 6.45. The summed E-state index contributed by atoms with van der Waals surface area (Å²) in [5, 5.41) is 2.71. The summed E-state index contributed by atoms with van der Waals surface area (Å²) in [6.07, 6.45) is 4.78. The summed E-state index contributed by atoms with van der Waals surface area (Å²) >= 11 is 0. The standard InChI is InChI=1S/C19H27N3O3/c1-15(23)20-17-8-7-9-18(14-17)22(16(2)24)13-10-19(25)21-11-5-3-4-6-12-21/h7-9,14H,3-6,10-13H2,1-2H3,(H,20,23). The number of carbonyl (C=O) groups excluding carboxylic acids is 3. The molecule has 3 amide bonds. The number of likely N-dealkylation sites (tertiary alicyclic amines) is 1. The number of nitrogens with one attached hydrogen (secondary N) is 1. The van der Waals surface area contributed by atoms with Gasteiger partial charge in [-0.05, 0) is 31.0 Å². The number of benzene rings is 1. The Morgan fingerprint density at radius 1 is 1.08 bits per heavy atom. The number of anilines is 2. The highest BCUT2D eigenvalue weighted by atomic mass is 16.2. The molecule has 0 atom stereocenters. The van der Waals surface area contributed by atoms with Crippen LogP contribution in [0.2, 0.25) is 0 Å². The molecule has 25 heavy (non-hydrogen) atoms. The first-order valence-corrected chi connectivity index (χ1v) is 8.91. The number of nitrogens with zero attached hydrogens (tertiary/aromatic N) is 2. The third-order valence-electron chi connectivity index (χ3n) is 4.37. The van der Waals surface area contributed by atoms with Gasteiger partial charge in [0, 0.05) is 51.3 Å². The fourth-order valence-corrected chi connectivity index (χ4v) is 3.11. The second-order valence-electron chi connectivity index (χ2n) is 6.45. The van der Waals surface area contributed by atoms with Crippen LogP contribution in [0.5, 0.6) is 0 Å². The van der Waals surface area contributed by atoms with Crippen LogP contribution in [-0.4, -0.2) is 42.3 Å². The SMILES string of the molecule is CC(=O)Nc1cccc(N(CCC(=O)N2CCCCCC2)C(C)=O)c1. The van der Waals surface area contributed by atoms with Gasteiger partial charge < -0.3 is 15.1 Å². The Morgan fingerprint density at radius 3 is 2.36 bits per heavy atom. The number of carbonyl (C=O) groups is 3. The molecule has 0 aromatic heterocycles. The molecular weight excluding hydrogens is 318 g/mol. The Morgan fingerprint density at radius 2 is 1.76 bits per heavy atom. The molecule has 0 saturated carbocycles. The summed E-state index contributed by atoms with van der Waals surface area (Å²) < 4.78 is 0. The normalized spacial score (nSPS) is 14.6. The minimum atomic E-state index is -0.164. The van der Waals surface area contributed by atoms with E-state index in [1.807, 2.05) is 11.0 Å². The van der Waals surface area contributed by atoms with Gasteiger partial charge in [0.05, 0.1) is 0 Å². The van der Waals surface area contributed by atoms with Crippen LogP contribution in [0.25, 0.3) is 0 Å². The number of hydrogen-bond acceptors (Lipinski definition) is 3. The maximum absolute atomic E-state index is 12.5. The van der Waals surface area contributed by atoms with E-state index in [1.54, 1.807) is 23.1 Å². The van der Waals surface area contributed by atoms with Crippen LogP contribution in [0, 0.1) is 0 Å². The summed E-state index contributed by atoms with van der Waals surface area (Å²) in [5.41, 5.74) is 1.32. The summed E-state index contributed by atoms with van der Waals surface area (Å²) in [4.78, 5) is 39.2. The molecule has 1 aliphatic heterocycles. The maximum atomic E-state index is 12.5. The molecule has 1 N–H and O–H groups in total. The average Bonchev–Trinajstić information content (AvgIpc) is 2.83. The molecule has 2 rings (SSSR count). The van der Waals surface area contributed by atoms with E-state index in [2.05, 4.69) is 5.32 Å². The van der Waals surface area contributed by atoms with Gasteiger partial charge in [0.1, 0.15) is 0 Å². The molecule has 136 valence electrons. The van der Waals surface area contributed by atoms with Crippen molar-refractivity contribution in [1.82, 2.24) is 4.90 Å². The molecule has 1 fully saturated rings. The zero-order valence-corrected chi connectivity index (χ0v) is 15.1. The molecule has 0 unspecified atom stereocenters. The zero-order valence-electron chi connectivity index (χ0n) is 15.1. The minimum Gasteiger partial charge on any atom is -0.343 e. The molecule has 0 radical (unpaired) electrons. The largest absolute Gasteiger partial charge is 0.343 e. The predicted molar refractivity (Wildman–Crippen MR) is 98.4 cm³/mol. The Labute approximate surface area is 149 Å². The summed E-state index contributed by atoms with van der Waals surface area (Å²) in [6.45, 7) is 4.90. The zero-order chi connectivity index (χ0) is 18.2. The van der Waals surface area contributed by atoms with Gasteiger partial charge in [-0.25, -0.2) is 0 Å². The predicted octanol–water partition coefficient (Wildman–Crippen LogP) is 2.79. The van der Waals surface area contributed by atoms with Gasteiger partial charge in [0.15, 0.2) is 0 Å². The number of rotatable bonds is 5. The van der Waals surface area contributed by atoms with Gasteiger partial charge >= 0.3 is 0 Å². The van der Waals surface area contributed by atoms with Gasteiger partial charge in [-0.15, -0.1) is 0 Å². The highest BCUT2D eigenvalue weighted by molar-refractivity contribution is 5.94. The van der Waals surface area contributed by atoms with Crippen molar-refractivity contribution in [2.75, 3.05) is 29.9 Å². The van der Waals surface area contributed by atoms with E-state index >= 15 is 0 Å². The Kier molecular flexibility index (Phi) is 6.98. The van der Waals surface area contributed by atoms with Crippen molar-refractivity contribution >= 4 is 29.1 Å². The van der Waals surface area contributed by atoms with E-state index in [-0.39, 0.29) is 17.7 Å². The van der Waals surface area contributed by atoms with Crippen LogP contribution in [-0.2, 0) is 14.4 Å². The topological polar surface area (TPSA) is 69.7 Å². The van der Waals surface area contributed by atoms with E-state index in [4.69, 9.17) is 0 Å². The van der Waals surface area contributed by atoms with Crippen LogP contribution < -0.4 is 10.2 Å². The fourth-order valence-electron chi connectivity index (χ4n) is 3.11. The van der Waals surface area contributed by atoms with Crippen molar-refractivity contribution in [1.29, 1.82) is 0 Å². The maximum Gasteiger partial charge on any atom is 0.224 e. The Bertz CT molecular complexity index is 622. The summed E-state index contributed by atoms with van der Waals surface area (Å²) in [7, 11) is 0. The van der Waals surface area contributed by atoms with Gasteiger partial charge in [0.25, 0.3) is 0 Å². The summed E-state index contributed by atoms with van der Waals surface area (Å²) in [6, 6.07) is 7.11. The van der Waals surface area contributed by atoms with Gasteiger partial charge in [-0.3, -0.25) is 14.4 Å². The summed E-state index contributed by atoms with van der Waals surface area (Å²) in [5.74, 6) is -0.183. The lowest BCUT2D eigenvalue weighted by Gasteiger charge is -2.25. The lowest BCUT2D eigenvalue weighted by molar-refractivity contribution is -0.131. The Balaban J connectivity index is 2.02. The molecule has 0 aliphatic carbocycles. The highest BCUT2D eigenvalue weighted by Gasteiger charge is 2.18. The second kappa shape index (κ2) is 9.20. The van der Waals surface area contributed by atoms with Crippen LogP contribution in [0.15, 0.2) is 24.3 Å². The molecule has 6 nitrogen and oxygen atoms in total. The van der Waals surface area contributed by atoms with E-state index < -0.39 is 0 Å². The van der Waals surface area contributed by atoms with Gasteiger partial charge in [-0.1, -0.05) is 18.9 Å². The van der Waals surface area contributed by atoms with Crippen molar-refractivity contribution in [2.24, 2.45) is 0 Å². The smallest absolute Gasteiger partial charge is 0.224 e. The molecule has 1 aromatic rings. The molecule has 1 aromatic carbocycles. The van der Waals surface area contributed by atoms with Gasteiger partial charge in [0.2, 0.25) is 17.7 Å². The van der Waals surface area contributed by atoms with Crippen molar-refractivity contribution in [3.8, 4) is 0 Å². The van der Waals surface area contributed by atoms with E-state index in [0.29, 0.717) is 24.3 Å². The van der Waals surface area contributed by atoms with Crippen LogP contribution in [0.3, 0.4) is 0 Å². The van der Waals surface area contributed by atoms with Crippen molar-refractivity contribution in [3.05, 3.63) is 24.3 Å². The van der Waals surface area contributed by atoms with Crippen LogP contribution in [0.4, 0.5) is 11.4 Å². The fraction of sp³-hybridized carbons (Fsp3) is 0.526. The minimum absolute atomic E-state index is 0.103. The molecule has 0 spiro atoms. The highest BCUT2D eigenvalue weighted by Crippen LogP contribution is 2.20. The van der Waals surface area contributed by atoms with Crippen molar-refractivity contribution < 1.29 is 14.4 Å².